The highest BCUT2D eigenvalue weighted by atomic mass is 16.5. The van der Waals surface area contributed by atoms with Gasteiger partial charge in [-0.25, -0.2) is 0 Å². The lowest BCUT2D eigenvalue weighted by atomic mass is 10.1. The monoisotopic (exact) mass is 376 g/mol. The molecule has 1 fully saturated rings. The van der Waals surface area contributed by atoms with Gasteiger partial charge < -0.3 is 25.4 Å². The Balaban J connectivity index is 1.49. The van der Waals surface area contributed by atoms with E-state index in [1.807, 2.05) is 4.90 Å². The highest BCUT2D eigenvalue weighted by Crippen LogP contribution is 2.34. The fourth-order valence-electron chi connectivity index (χ4n) is 3.26. The largest absolute Gasteiger partial charge is 0.390 e. The number of hydrogen-bond acceptors (Lipinski definition) is 6. The number of aliphatic hydroxyl groups excluding tert-OH is 1. The smallest absolute Gasteiger partial charge is 0.310 e. The van der Waals surface area contributed by atoms with Gasteiger partial charge in [0, 0.05) is 44.5 Å². The van der Waals surface area contributed by atoms with Crippen LogP contribution in [0.2, 0.25) is 0 Å². The number of aliphatic hydroxyl groups is 1. The summed E-state index contributed by atoms with van der Waals surface area (Å²) < 4.78 is 5.24. The minimum absolute atomic E-state index is 0.0429. The summed E-state index contributed by atoms with van der Waals surface area (Å²) in [5, 5.41) is 14.9. The van der Waals surface area contributed by atoms with E-state index >= 15 is 0 Å². The second-order valence-electron chi connectivity index (χ2n) is 6.64. The van der Waals surface area contributed by atoms with E-state index in [0.29, 0.717) is 31.0 Å². The van der Waals surface area contributed by atoms with Crippen molar-refractivity contribution in [2.24, 2.45) is 0 Å². The second kappa shape index (κ2) is 8.47. The second-order valence-corrected chi connectivity index (χ2v) is 6.64. The molecule has 1 aromatic carbocycles. The van der Waals surface area contributed by atoms with E-state index in [1.165, 1.54) is 4.90 Å². The lowest BCUT2D eigenvalue weighted by molar-refractivity contribution is -0.140. The highest BCUT2D eigenvalue weighted by molar-refractivity contribution is 6.35. The van der Waals surface area contributed by atoms with Crippen molar-refractivity contribution >= 4 is 23.4 Å². The molecule has 2 heterocycles. The maximum atomic E-state index is 12.3. The van der Waals surface area contributed by atoms with Crippen molar-refractivity contribution in [2.45, 2.75) is 12.1 Å². The first kappa shape index (κ1) is 19.3. The van der Waals surface area contributed by atoms with Crippen LogP contribution in [0.3, 0.4) is 0 Å². The molecule has 0 aromatic heterocycles. The Bertz CT molecular complexity index is 719. The molecule has 9 nitrogen and oxygen atoms in total. The van der Waals surface area contributed by atoms with Gasteiger partial charge in [-0.3, -0.25) is 19.3 Å². The first-order chi connectivity index (χ1) is 13.0. The van der Waals surface area contributed by atoms with Crippen LogP contribution in [-0.2, 0) is 19.1 Å². The minimum Gasteiger partial charge on any atom is -0.390 e. The summed E-state index contributed by atoms with van der Waals surface area (Å²) >= 11 is 0. The van der Waals surface area contributed by atoms with Crippen molar-refractivity contribution in [2.75, 3.05) is 51.3 Å². The topological polar surface area (TPSA) is 111 Å². The number of ether oxygens (including phenoxy) is 1. The summed E-state index contributed by atoms with van der Waals surface area (Å²) in [5.41, 5.74) is 1.35. The van der Waals surface area contributed by atoms with E-state index in [2.05, 4.69) is 10.6 Å². The Morgan fingerprint density at radius 2 is 1.96 bits per heavy atom. The van der Waals surface area contributed by atoms with Gasteiger partial charge >= 0.3 is 11.8 Å². The number of carbonyl (C=O) groups excluding carboxylic acids is 3. The van der Waals surface area contributed by atoms with Crippen LogP contribution in [0.5, 0.6) is 0 Å². The van der Waals surface area contributed by atoms with Crippen LogP contribution in [0.15, 0.2) is 24.3 Å². The molecule has 0 saturated carbocycles. The third-order valence-electron chi connectivity index (χ3n) is 4.74. The molecule has 2 aliphatic heterocycles. The zero-order valence-electron chi connectivity index (χ0n) is 15.2. The molecule has 0 aliphatic carbocycles. The summed E-state index contributed by atoms with van der Waals surface area (Å²) in [6, 6.07) is 6.21. The Kier molecular flexibility index (Phi) is 6.04. The standard InChI is InChI=1S/C18H24N4O5/c1-21-14-5-3-2-4-13(14)15(18(21)26)20-17(25)16(24)19-10-12(23)11-22-6-8-27-9-7-22/h2-5,12,15,23H,6-11H2,1H3,(H,19,24)(H,20,25). The van der Waals surface area contributed by atoms with E-state index in [1.54, 1.807) is 31.3 Å². The van der Waals surface area contributed by atoms with Crippen LogP contribution in [0, 0.1) is 0 Å². The average molecular weight is 376 g/mol. The Labute approximate surface area is 157 Å². The molecule has 0 spiro atoms. The summed E-state index contributed by atoms with van der Waals surface area (Å²) in [5.74, 6) is -2.09. The van der Waals surface area contributed by atoms with Crippen LogP contribution >= 0.6 is 0 Å². The van der Waals surface area contributed by atoms with Crippen LogP contribution in [0.4, 0.5) is 5.69 Å². The zero-order chi connectivity index (χ0) is 19.4. The first-order valence-corrected chi connectivity index (χ1v) is 8.90. The molecule has 1 saturated heterocycles. The van der Waals surface area contributed by atoms with Gasteiger partial charge in [-0.1, -0.05) is 18.2 Å². The molecule has 146 valence electrons. The van der Waals surface area contributed by atoms with Crippen LogP contribution in [0.25, 0.3) is 0 Å². The predicted octanol–water partition coefficient (Wildman–Crippen LogP) is -1.37. The zero-order valence-corrected chi connectivity index (χ0v) is 15.2. The van der Waals surface area contributed by atoms with Crippen molar-refractivity contribution in [1.82, 2.24) is 15.5 Å². The molecule has 3 N–H and O–H groups in total. The number of β-amino-alcohol motifs (C(OH)–C–C–N with tert-alkyl or cyclic N) is 1. The summed E-state index contributed by atoms with van der Waals surface area (Å²) in [7, 11) is 1.62. The van der Waals surface area contributed by atoms with E-state index in [4.69, 9.17) is 4.74 Å². The number of amides is 3. The molecule has 3 rings (SSSR count). The Hall–Kier alpha value is -2.49. The molecule has 2 unspecified atom stereocenters. The number of carbonyl (C=O) groups is 3. The fourth-order valence-corrected chi connectivity index (χ4v) is 3.26. The summed E-state index contributed by atoms with van der Waals surface area (Å²) in [4.78, 5) is 40.0. The van der Waals surface area contributed by atoms with Crippen molar-refractivity contribution in [1.29, 1.82) is 0 Å². The van der Waals surface area contributed by atoms with Gasteiger partial charge in [-0.2, -0.15) is 0 Å². The molecule has 1 aromatic rings. The lowest BCUT2D eigenvalue weighted by Gasteiger charge is -2.28. The lowest BCUT2D eigenvalue weighted by Crippen LogP contribution is -2.48. The molecule has 0 bridgehead atoms. The highest BCUT2D eigenvalue weighted by Gasteiger charge is 2.36. The van der Waals surface area contributed by atoms with Gasteiger partial charge in [-0.05, 0) is 6.07 Å². The molecule has 3 amide bonds. The number of anilines is 1. The van der Waals surface area contributed by atoms with Gasteiger partial charge in [0.1, 0.15) is 6.04 Å². The SMILES string of the molecule is CN1C(=O)C(NC(=O)C(=O)NCC(O)CN2CCOCC2)c2ccccc21. The van der Waals surface area contributed by atoms with E-state index in [9.17, 15) is 19.5 Å². The van der Waals surface area contributed by atoms with Crippen molar-refractivity contribution in [3.05, 3.63) is 29.8 Å². The number of rotatable bonds is 5. The fraction of sp³-hybridized carbons (Fsp3) is 0.500. The number of nitrogens with zero attached hydrogens (tertiary/aromatic N) is 2. The maximum Gasteiger partial charge on any atom is 0.310 e. The average Bonchev–Trinajstić information content (AvgIpc) is 2.92. The predicted molar refractivity (Wildman–Crippen MR) is 97.0 cm³/mol. The molecule has 27 heavy (non-hydrogen) atoms. The summed E-state index contributed by atoms with van der Waals surface area (Å²) in [6.45, 7) is 3.04. The van der Waals surface area contributed by atoms with Crippen LogP contribution in [-0.4, -0.2) is 80.3 Å². The molecular formula is C18H24N4O5. The Morgan fingerprint density at radius 1 is 1.26 bits per heavy atom. The minimum atomic E-state index is -0.906. The number of morpholine rings is 1. The molecule has 2 atom stereocenters. The number of nitrogens with one attached hydrogen (secondary N) is 2. The van der Waals surface area contributed by atoms with Crippen LogP contribution in [0.1, 0.15) is 11.6 Å². The van der Waals surface area contributed by atoms with Crippen LogP contribution < -0.4 is 15.5 Å². The number of benzene rings is 1. The molecule has 2 aliphatic rings. The number of likely N-dealkylation sites (N-methyl/N-ethyl adjacent to an activating group) is 1. The molecular weight excluding hydrogens is 352 g/mol. The van der Waals surface area contributed by atoms with Gasteiger partial charge in [0.25, 0.3) is 5.91 Å². The van der Waals surface area contributed by atoms with Crippen molar-refractivity contribution in [3.8, 4) is 0 Å². The van der Waals surface area contributed by atoms with E-state index in [-0.39, 0.29) is 12.5 Å². The Morgan fingerprint density at radius 3 is 2.70 bits per heavy atom. The van der Waals surface area contributed by atoms with Gasteiger partial charge in [0.15, 0.2) is 0 Å². The van der Waals surface area contributed by atoms with Crippen molar-refractivity contribution in [3.63, 3.8) is 0 Å². The normalized spacial score (nSPS) is 20.9. The molecule has 0 radical (unpaired) electrons. The third-order valence-corrected chi connectivity index (χ3v) is 4.74. The number of para-hydroxylation sites is 1. The quantitative estimate of drug-likeness (QED) is 0.547. The summed E-state index contributed by atoms with van der Waals surface area (Å²) in [6.07, 6.45) is -0.792. The van der Waals surface area contributed by atoms with Crippen molar-refractivity contribution < 1.29 is 24.2 Å². The number of hydrogen-bond donors (Lipinski definition) is 3. The molecule has 9 heteroatoms. The van der Waals surface area contributed by atoms with Gasteiger partial charge in [-0.15, -0.1) is 0 Å². The van der Waals surface area contributed by atoms with E-state index < -0.39 is 24.0 Å². The van der Waals surface area contributed by atoms with Gasteiger partial charge in [0.05, 0.1) is 19.3 Å². The van der Waals surface area contributed by atoms with Gasteiger partial charge in [0.2, 0.25) is 0 Å². The van der Waals surface area contributed by atoms with E-state index in [0.717, 1.165) is 13.1 Å². The number of fused-ring (bicyclic) bond motifs is 1. The maximum absolute atomic E-state index is 12.3. The first-order valence-electron chi connectivity index (χ1n) is 8.90. The third kappa shape index (κ3) is 4.44.